The van der Waals surface area contributed by atoms with Gasteiger partial charge >= 0.3 is 0 Å². The molecule has 1 rings (SSSR count). The largest absolute Gasteiger partial charge is 0.365 e. The summed E-state index contributed by atoms with van der Waals surface area (Å²) in [5, 5.41) is 3.48. The van der Waals surface area contributed by atoms with Gasteiger partial charge in [-0.3, -0.25) is 0 Å². The van der Waals surface area contributed by atoms with E-state index >= 15 is 0 Å². The highest BCUT2D eigenvalue weighted by atomic mass is 32.1. The van der Waals surface area contributed by atoms with E-state index in [4.69, 9.17) is 4.74 Å². The number of ether oxygens (including phenoxy) is 1. The van der Waals surface area contributed by atoms with Gasteiger partial charge in [-0.15, -0.1) is 12.6 Å². The molecule has 0 aliphatic carbocycles. The maximum Gasteiger partial charge on any atom is 0.105 e. The number of hydrogen-bond donors (Lipinski definition) is 2. The third-order valence-corrected chi connectivity index (χ3v) is 2.44. The molecule has 2 nitrogen and oxygen atoms in total. The normalized spacial score (nSPS) is 23.8. The van der Waals surface area contributed by atoms with Crippen LogP contribution in [0.15, 0.2) is 0 Å². The van der Waals surface area contributed by atoms with Crippen LogP contribution in [0.5, 0.6) is 0 Å². The molecule has 3 heteroatoms. The monoisotopic (exact) mass is 203 g/mol. The molecule has 0 radical (unpaired) electrons. The molecular formula is C10H21NOS. The summed E-state index contributed by atoms with van der Waals surface area (Å²) in [6.45, 7) is 5.98. The van der Waals surface area contributed by atoms with Crippen molar-refractivity contribution in [3.63, 3.8) is 0 Å². The highest BCUT2D eigenvalue weighted by Gasteiger charge is 2.14. The summed E-state index contributed by atoms with van der Waals surface area (Å²) in [5.74, 6) is 0. The Morgan fingerprint density at radius 2 is 2.31 bits per heavy atom. The molecule has 0 aromatic heterocycles. The summed E-state index contributed by atoms with van der Waals surface area (Å²) in [6, 6.07) is 0.742. The van der Waals surface area contributed by atoms with Gasteiger partial charge < -0.3 is 10.1 Å². The van der Waals surface area contributed by atoms with E-state index in [0.717, 1.165) is 19.1 Å². The average Bonchev–Trinajstić information content (AvgIpc) is 2.48. The minimum Gasteiger partial charge on any atom is -0.365 e. The maximum absolute atomic E-state index is 5.53. The molecule has 1 unspecified atom stereocenters. The van der Waals surface area contributed by atoms with Crippen LogP contribution in [-0.2, 0) is 4.74 Å². The molecule has 0 bridgehead atoms. The fourth-order valence-electron chi connectivity index (χ4n) is 1.65. The molecule has 0 aromatic rings. The van der Waals surface area contributed by atoms with Gasteiger partial charge in [0.25, 0.3) is 0 Å². The minimum absolute atomic E-state index is 0.275. The Bertz CT molecular complexity index is 138. The Balaban J connectivity index is 1.94. The van der Waals surface area contributed by atoms with E-state index in [1.807, 2.05) is 13.8 Å². The van der Waals surface area contributed by atoms with Gasteiger partial charge in [-0.2, -0.15) is 0 Å². The van der Waals surface area contributed by atoms with Crippen LogP contribution in [-0.4, -0.2) is 24.1 Å². The van der Waals surface area contributed by atoms with Crippen LogP contribution in [0, 0.1) is 0 Å². The lowest BCUT2D eigenvalue weighted by Crippen LogP contribution is -2.22. The second kappa shape index (κ2) is 5.23. The van der Waals surface area contributed by atoms with Crippen molar-refractivity contribution in [2.75, 3.05) is 13.2 Å². The van der Waals surface area contributed by atoms with Crippen LogP contribution in [0.4, 0.5) is 0 Å². The Labute approximate surface area is 86.8 Å². The second-order valence-electron chi connectivity index (χ2n) is 4.23. The lowest BCUT2D eigenvalue weighted by molar-refractivity contribution is 0.0506. The SMILES string of the molecule is CC(C)(S)OCCCC1CCCN1. The first-order valence-electron chi connectivity index (χ1n) is 5.18. The quantitative estimate of drug-likeness (QED) is 0.406. The van der Waals surface area contributed by atoms with Crippen molar-refractivity contribution in [1.29, 1.82) is 0 Å². The number of nitrogens with one attached hydrogen (secondary N) is 1. The van der Waals surface area contributed by atoms with Crippen LogP contribution in [0.3, 0.4) is 0 Å². The number of thiol groups is 1. The van der Waals surface area contributed by atoms with Crippen molar-refractivity contribution < 1.29 is 4.74 Å². The van der Waals surface area contributed by atoms with E-state index in [1.54, 1.807) is 0 Å². The summed E-state index contributed by atoms with van der Waals surface area (Å²) < 4.78 is 5.53. The average molecular weight is 203 g/mol. The molecule has 1 atom stereocenters. The van der Waals surface area contributed by atoms with Crippen molar-refractivity contribution in [1.82, 2.24) is 5.32 Å². The maximum atomic E-state index is 5.53. The van der Waals surface area contributed by atoms with Crippen LogP contribution < -0.4 is 5.32 Å². The molecular weight excluding hydrogens is 182 g/mol. The third kappa shape index (κ3) is 5.55. The highest BCUT2D eigenvalue weighted by Crippen LogP contribution is 2.15. The zero-order valence-corrected chi connectivity index (χ0v) is 9.57. The fourth-order valence-corrected chi connectivity index (χ4v) is 1.75. The second-order valence-corrected chi connectivity index (χ2v) is 5.31. The van der Waals surface area contributed by atoms with Gasteiger partial charge in [-0.1, -0.05) is 0 Å². The van der Waals surface area contributed by atoms with Gasteiger partial charge in [0.2, 0.25) is 0 Å². The molecule has 1 N–H and O–H groups in total. The summed E-state index contributed by atoms with van der Waals surface area (Å²) in [6.07, 6.45) is 5.05. The standard InChI is InChI=1S/C10H21NOS/c1-10(2,13)12-8-4-6-9-5-3-7-11-9/h9,11,13H,3-8H2,1-2H3. The molecule has 1 saturated heterocycles. The van der Waals surface area contributed by atoms with E-state index in [0.29, 0.717) is 0 Å². The Morgan fingerprint density at radius 3 is 2.85 bits per heavy atom. The van der Waals surface area contributed by atoms with Gasteiger partial charge in [0.05, 0.1) is 0 Å². The van der Waals surface area contributed by atoms with E-state index in [2.05, 4.69) is 17.9 Å². The Morgan fingerprint density at radius 1 is 1.54 bits per heavy atom. The summed E-state index contributed by atoms with van der Waals surface area (Å²) in [5.41, 5.74) is 0. The number of rotatable bonds is 5. The highest BCUT2D eigenvalue weighted by molar-refractivity contribution is 7.81. The predicted molar refractivity (Wildman–Crippen MR) is 59.3 cm³/mol. The molecule has 0 aromatic carbocycles. The van der Waals surface area contributed by atoms with E-state index < -0.39 is 0 Å². The van der Waals surface area contributed by atoms with Crippen LogP contribution in [0.25, 0.3) is 0 Å². The lowest BCUT2D eigenvalue weighted by atomic mass is 10.1. The fraction of sp³-hybridized carbons (Fsp3) is 1.00. The summed E-state index contributed by atoms with van der Waals surface area (Å²) in [4.78, 5) is -0.275. The molecule has 0 amide bonds. The molecule has 1 heterocycles. The minimum atomic E-state index is -0.275. The van der Waals surface area contributed by atoms with Crippen molar-refractivity contribution >= 4 is 12.6 Å². The molecule has 0 spiro atoms. The van der Waals surface area contributed by atoms with Crippen LogP contribution in [0.2, 0.25) is 0 Å². The zero-order valence-electron chi connectivity index (χ0n) is 8.68. The van der Waals surface area contributed by atoms with Gasteiger partial charge in [-0.05, 0) is 46.1 Å². The molecule has 1 aliphatic heterocycles. The predicted octanol–water partition coefficient (Wildman–Crippen LogP) is 2.20. The van der Waals surface area contributed by atoms with Crippen LogP contribution in [0.1, 0.15) is 39.5 Å². The molecule has 1 fully saturated rings. The van der Waals surface area contributed by atoms with Gasteiger partial charge in [0.15, 0.2) is 0 Å². The smallest absolute Gasteiger partial charge is 0.105 e. The van der Waals surface area contributed by atoms with Gasteiger partial charge in [0, 0.05) is 12.6 Å². The molecule has 13 heavy (non-hydrogen) atoms. The van der Waals surface area contributed by atoms with Crippen molar-refractivity contribution in [3.05, 3.63) is 0 Å². The first kappa shape index (κ1) is 11.3. The van der Waals surface area contributed by atoms with E-state index in [9.17, 15) is 0 Å². The lowest BCUT2D eigenvalue weighted by Gasteiger charge is -2.19. The van der Waals surface area contributed by atoms with E-state index in [1.165, 1.54) is 25.8 Å². The molecule has 1 aliphatic rings. The Kier molecular flexibility index (Phi) is 4.56. The number of hydrogen-bond acceptors (Lipinski definition) is 3. The van der Waals surface area contributed by atoms with E-state index in [-0.39, 0.29) is 4.93 Å². The van der Waals surface area contributed by atoms with Crippen molar-refractivity contribution in [3.8, 4) is 0 Å². The zero-order chi connectivity index (χ0) is 9.73. The third-order valence-electron chi connectivity index (χ3n) is 2.31. The first-order valence-corrected chi connectivity index (χ1v) is 5.62. The van der Waals surface area contributed by atoms with Gasteiger partial charge in [-0.25, -0.2) is 0 Å². The summed E-state index contributed by atoms with van der Waals surface area (Å²) in [7, 11) is 0. The molecule has 0 saturated carbocycles. The van der Waals surface area contributed by atoms with Gasteiger partial charge in [0.1, 0.15) is 4.93 Å². The van der Waals surface area contributed by atoms with Crippen molar-refractivity contribution in [2.24, 2.45) is 0 Å². The topological polar surface area (TPSA) is 21.3 Å². The van der Waals surface area contributed by atoms with Crippen LogP contribution >= 0.6 is 12.6 Å². The Hall–Kier alpha value is 0.270. The molecule has 78 valence electrons. The summed E-state index contributed by atoms with van der Waals surface area (Å²) >= 11 is 4.30. The first-order chi connectivity index (χ1) is 6.08. The van der Waals surface area contributed by atoms with Crippen molar-refractivity contribution in [2.45, 2.75) is 50.5 Å².